The molecule has 0 spiro atoms. The van der Waals surface area contributed by atoms with Crippen LogP contribution in [0.2, 0.25) is 0 Å². The topological polar surface area (TPSA) is 63.3 Å². The molecule has 0 radical (unpaired) electrons. The molecule has 0 heterocycles. The Balaban J connectivity index is 0.000000203. The first-order chi connectivity index (χ1) is 8.18. The molecule has 0 aromatic heterocycles. The summed E-state index contributed by atoms with van der Waals surface area (Å²) in [5, 5.41) is 7.12. The van der Waals surface area contributed by atoms with E-state index in [4.69, 9.17) is 15.6 Å². The van der Waals surface area contributed by atoms with Gasteiger partial charge >= 0.3 is 12.1 Å². The maximum absolute atomic E-state index is 13.5. The van der Waals surface area contributed by atoms with Gasteiger partial charge in [-0.05, 0) is 5.56 Å². The third kappa shape index (κ3) is 3.43. The number of alkyl halides is 4. The molecule has 7 heteroatoms. The van der Waals surface area contributed by atoms with Gasteiger partial charge in [-0.1, -0.05) is 30.3 Å². The van der Waals surface area contributed by atoms with Crippen molar-refractivity contribution >= 4 is 5.97 Å². The van der Waals surface area contributed by atoms with E-state index in [2.05, 4.69) is 0 Å². The zero-order valence-electron chi connectivity index (χ0n) is 9.12. The number of carboxylic acid groups (broad SMARTS) is 1. The van der Waals surface area contributed by atoms with E-state index in [1.54, 1.807) is 12.1 Å². The second-order valence-electron chi connectivity index (χ2n) is 3.84. The summed E-state index contributed by atoms with van der Waals surface area (Å²) in [5.41, 5.74) is 4.95. The number of nitrogens with two attached hydrogens (primary N) is 1. The summed E-state index contributed by atoms with van der Waals surface area (Å²) in [5.74, 6) is -2.76. The third-order valence-electron chi connectivity index (χ3n) is 2.44. The lowest BCUT2D eigenvalue weighted by atomic mass is 10.1. The predicted molar refractivity (Wildman–Crippen MR) is 55.5 cm³/mol. The van der Waals surface area contributed by atoms with E-state index in [1.807, 2.05) is 18.2 Å². The van der Waals surface area contributed by atoms with Crippen LogP contribution in [0.1, 0.15) is 12.0 Å². The predicted octanol–water partition coefficient (Wildman–Crippen LogP) is 2.22. The Morgan fingerprint density at radius 2 is 1.72 bits per heavy atom. The molecular weight excluding hydrogens is 254 g/mol. The number of hydrogen-bond acceptors (Lipinski definition) is 2. The monoisotopic (exact) mass is 265 g/mol. The fraction of sp³-hybridized carbons (Fsp3) is 0.364. The summed E-state index contributed by atoms with van der Waals surface area (Å²) in [6, 6.07) is 8.83. The van der Waals surface area contributed by atoms with Crippen molar-refractivity contribution in [3.05, 3.63) is 35.9 Å². The molecule has 0 amide bonds. The average molecular weight is 265 g/mol. The van der Waals surface area contributed by atoms with E-state index < -0.39 is 17.8 Å². The van der Waals surface area contributed by atoms with E-state index in [9.17, 15) is 17.6 Å². The van der Waals surface area contributed by atoms with Gasteiger partial charge in [0.2, 0.25) is 0 Å². The number of benzene rings is 1. The summed E-state index contributed by atoms with van der Waals surface area (Å²) in [4.78, 5) is 8.90. The normalized spacial score (nSPS) is 25.9. The molecule has 2 atom stereocenters. The van der Waals surface area contributed by atoms with Crippen LogP contribution >= 0.6 is 0 Å². The van der Waals surface area contributed by atoms with Crippen LogP contribution < -0.4 is 5.73 Å². The van der Waals surface area contributed by atoms with Gasteiger partial charge in [-0.15, -0.1) is 0 Å². The zero-order valence-corrected chi connectivity index (χ0v) is 9.12. The molecule has 1 aliphatic rings. The Morgan fingerprint density at radius 3 is 2.00 bits per heavy atom. The lowest BCUT2D eigenvalue weighted by Gasteiger charge is -2.04. The Bertz CT molecular complexity index is 421. The fourth-order valence-corrected chi connectivity index (χ4v) is 1.31. The lowest BCUT2D eigenvalue weighted by Crippen LogP contribution is -2.21. The van der Waals surface area contributed by atoms with Crippen LogP contribution in [0.5, 0.6) is 0 Å². The van der Waals surface area contributed by atoms with Crippen molar-refractivity contribution in [2.75, 3.05) is 0 Å². The molecule has 1 aliphatic carbocycles. The standard InChI is InChI=1S/C9H10FN.C2HF3O2/c10-9(6-8(9)11)7-4-2-1-3-5-7;3-2(4,5)1(6)7/h1-5,8H,6,11H2;(H,6,7)/t8-,9-;/m1./s1. The minimum absolute atomic E-state index is 0.287. The van der Waals surface area contributed by atoms with Gasteiger partial charge in [0.1, 0.15) is 0 Å². The minimum Gasteiger partial charge on any atom is -0.475 e. The van der Waals surface area contributed by atoms with Gasteiger partial charge in [0.25, 0.3) is 0 Å². The van der Waals surface area contributed by atoms with Crippen molar-refractivity contribution in [3.63, 3.8) is 0 Å². The van der Waals surface area contributed by atoms with Crippen molar-refractivity contribution in [2.45, 2.75) is 24.3 Å². The Kier molecular flexibility index (Phi) is 3.95. The highest BCUT2D eigenvalue weighted by Crippen LogP contribution is 2.48. The van der Waals surface area contributed by atoms with Crippen molar-refractivity contribution in [1.29, 1.82) is 0 Å². The first kappa shape index (κ1) is 14.4. The molecule has 0 unspecified atom stereocenters. The minimum atomic E-state index is -5.08. The van der Waals surface area contributed by atoms with Gasteiger partial charge in [0.05, 0.1) is 0 Å². The fourth-order valence-electron chi connectivity index (χ4n) is 1.31. The number of aliphatic carboxylic acids is 1. The first-order valence-electron chi connectivity index (χ1n) is 4.98. The summed E-state index contributed by atoms with van der Waals surface area (Å²) in [6.45, 7) is 0. The first-order valence-corrected chi connectivity index (χ1v) is 4.98. The van der Waals surface area contributed by atoms with Crippen LogP contribution in [-0.4, -0.2) is 23.3 Å². The van der Waals surface area contributed by atoms with Gasteiger partial charge < -0.3 is 10.8 Å². The highest BCUT2D eigenvalue weighted by molar-refractivity contribution is 5.73. The molecule has 3 N–H and O–H groups in total. The molecule has 100 valence electrons. The van der Waals surface area contributed by atoms with Crippen LogP contribution in [0.25, 0.3) is 0 Å². The molecule has 0 bridgehead atoms. The van der Waals surface area contributed by atoms with Crippen molar-refractivity contribution in [1.82, 2.24) is 0 Å². The van der Waals surface area contributed by atoms with E-state index in [0.717, 1.165) is 0 Å². The van der Waals surface area contributed by atoms with Crippen molar-refractivity contribution in [3.8, 4) is 0 Å². The molecule has 18 heavy (non-hydrogen) atoms. The molecule has 0 saturated heterocycles. The average Bonchev–Trinajstić information content (AvgIpc) is 2.89. The highest BCUT2D eigenvalue weighted by atomic mass is 19.4. The second kappa shape index (κ2) is 4.93. The summed E-state index contributed by atoms with van der Waals surface area (Å²) in [6.07, 6.45) is -4.61. The van der Waals surface area contributed by atoms with E-state index in [1.165, 1.54) is 0 Å². The summed E-state index contributed by atoms with van der Waals surface area (Å²) < 4.78 is 45.2. The maximum atomic E-state index is 13.5. The number of carbonyl (C=O) groups is 1. The van der Waals surface area contributed by atoms with Crippen LogP contribution in [0.3, 0.4) is 0 Å². The van der Waals surface area contributed by atoms with Crippen LogP contribution in [-0.2, 0) is 10.5 Å². The number of hydrogen-bond donors (Lipinski definition) is 2. The molecule has 2 rings (SSSR count). The zero-order chi connectivity index (χ0) is 14.0. The maximum Gasteiger partial charge on any atom is 0.490 e. The Morgan fingerprint density at radius 1 is 1.33 bits per heavy atom. The van der Waals surface area contributed by atoms with Gasteiger partial charge in [-0.3, -0.25) is 0 Å². The lowest BCUT2D eigenvalue weighted by molar-refractivity contribution is -0.192. The SMILES string of the molecule is N[C@@H]1C[C@@]1(F)c1ccccc1.O=C(O)C(F)(F)F. The summed E-state index contributed by atoms with van der Waals surface area (Å²) >= 11 is 0. The Hall–Kier alpha value is -1.63. The van der Waals surface area contributed by atoms with Crippen LogP contribution in [0.15, 0.2) is 30.3 Å². The molecule has 3 nitrogen and oxygen atoms in total. The van der Waals surface area contributed by atoms with Gasteiger partial charge in [-0.2, -0.15) is 13.2 Å². The van der Waals surface area contributed by atoms with Gasteiger partial charge in [-0.25, -0.2) is 9.18 Å². The molecule has 1 fully saturated rings. The molecular formula is C11H11F4NO2. The van der Waals surface area contributed by atoms with Gasteiger partial charge in [0, 0.05) is 12.5 Å². The molecule has 0 aliphatic heterocycles. The summed E-state index contributed by atoms with van der Waals surface area (Å²) in [7, 11) is 0. The quantitative estimate of drug-likeness (QED) is 0.765. The van der Waals surface area contributed by atoms with E-state index in [-0.39, 0.29) is 6.04 Å². The van der Waals surface area contributed by atoms with E-state index >= 15 is 0 Å². The molecule has 1 aromatic rings. The molecule has 1 saturated carbocycles. The smallest absolute Gasteiger partial charge is 0.475 e. The Labute approximate surface area is 100 Å². The highest BCUT2D eigenvalue weighted by Gasteiger charge is 2.54. The largest absolute Gasteiger partial charge is 0.490 e. The number of carboxylic acids is 1. The van der Waals surface area contributed by atoms with Crippen LogP contribution in [0, 0.1) is 0 Å². The van der Waals surface area contributed by atoms with Crippen molar-refractivity contribution < 1.29 is 27.5 Å². The van der Waals surface area contributed by atoms with E-state index in [0.29, 0.717) is 12.0 Å². The van der Waals surface area contributed by atoms with Crippen molar-refractivity contribution in [2.24, 2.45) is 5.73 Å². The third-order valence-corrected chi connectivity index (χ3v) is 2.44. The van der Waals surface area contributed by atoms with Crippen LogP contribution in [0.4, 0.5) is 17.6 Å². The van der Waals surface area contributed by atoms with Gasteiger partial charge in [0.15, 0.2) is 5.67 Å². The molecule has 1 aromatic carbocycles. The second-order valence-corrected chi connectivity index (χ2v) is 3.84. The number of rotatable bonds is 1. The number of halogens is 4.